The number of esters is 1. The van der Waals surface area contributed by atoms with E-state index in [1.54, 1.807) is 30.3 Å². The molecule has 1 heterocycles. The van der Waals surface area contributed by atoms with Crippen molar-refractivity contribution >= 4 is 23.7 Å². The summed E-state index contributed by atoms with van der Waals surface area (Å²) in [5, 5.41) is 12.0. The summed E-state index contributed by atoms with van der Waals surface area (Å²) in [5.41, 5.74) is 0.583. The predicted molar refractivity (Wildman–Crippen MR) is 82.2 cm³/mol. The maximum Gasteiger partial charge on any atom is 0.341 e. The number of Topliss-reactive ketones (excluding diaryl/α,β-unsaturated/α-hetero) is 1. The third-order valence-corrected chi connectivity index (χ3v) is 3.32. The Morgan fingerprint density at radius 3 is 2.58 bits per heavy atom. The van der Waals surface area contributed by atoms with E-state index in [9.17, 15) is 24.3 Å². The number of hydrogen-bond donors (Lipinski definition) is 2. The fraction of sp³-hybridized carbons (Fsp3) is 0.118. The number of ketones is 1. The van der Waals surface area contributed by atoms with Crippen molar-refractivity contribution < 1.29 is 29.0 Å². The van der Waals surface area contributed by atoms with E-state index in [2.05, 4.69) is 10.1 Å². The van der Waals surface area contributed by atoms with E-state index in [1.807, 2.05) is 0 Å². The summed E-state index contributed by atoms with van der Waals surface area (Å²) in [6.07, 6.45) is 1.45. The Morgan fingerprint density at radius 1 is 1.25 bits per heavy atom. The lowest BCUT2D eigenvalue weighted by Gasteiger charge is -2.18. The molecule has 0 atom stereocenters. The monoisotopic (exact) mass is 327 g/mol. The number of carbonyl (C=O) groups is 3. The maximum atomic E-state index is 12.2. The number of carboxylic acid groups (broad SMARTS) is 1. The molecule has 24 heavy (non-hydrogen) atoms. The van der Waals surface area contributed by atoms with Gasteiger partial charge in [-0.3, -0.25) is 4.79 Å². The maximum absolute atomic E-state index is 12.2. The minimum atomic E-state index is -1.25. The van der Waals surface area contributed by atoms with Crippen LogP contribution in [0.4, 0.5) is 0 Å². The molecule has 2 N–H and O–H groups in total. The standard InChI is InChI=1S/C17H13NO6/c19-6-7-24-17(23)12-8-13(16(21)22)14(18-10-12)9-15(20)11-4-2-1-3-5-11/h1-5,7,10,18H,8-9H2,(H,21,22). The van der Waals surface area contributed by atoms with Gasteiger partial charge in [0.05, 0.1) is 17.6 Å². The molecule has 1 aromatic carbocycles. The molecule has 122 valence electrons. The Labute approximate surface area is 136 Å². The lowest BCUT2D eigenvalue weighted by Crippen LogP contribution is -2.24. The molecule has 7 heteroatoms. The first-order valence-corrected chi connectivity index (χ1v) is 6.92. The second-order valence-electron chi connectivity index (χ2n) is 4.86. The Morgan fingerprint density at radius 2 is 1.96 bits per heavy atom. The van der Waals surface area contributed by atoms with Crippen molar-refractivity contribution in [2.45, 2.75) is 12.8 Å². The van der Waals surface area contributed by atoms with Crippen LogP contribution in [0.3, 0.4) is 0 Å². The Hall–Kier alpha value is -3.44. The molecule has 7 nitrogen and oxygen atoms in total. The van der Waals surface area contributed by atoms with Gasteiger partial charge in [-0.25, -0.2) is 14.4 Å². The van der Waals surface area contributed by atoms with Crippen LogP contribution in [0.25, 0.3) is 0 Å². The number of nitrogens with one attached hydrogen (secondary N) is 1. The second kappa shape index (κ2) is 7.71. The number of hydrogen-bond acceptors (Lipinski definition) is 6. The number of carbonyl (C=O) groups excluding carboxylic acids is 3. The highest BCUT2D eigenvalue weighted by Crippen LogP contribution is 2.23. The molecule has 0 unspecified atom stereocenters. The molecule has 0 bridgehead atoms. The highest BCUT2D eigenvalue weighted by Gasteiger charge is 2.25. The van der Waals surface area contributed by atoms with Gasteiger partial charge in [0.2, 0.25) is 0 Å². The zero-order valence-electron chi connectivity index (χ0n) is 12.4. The van der Waals surface area contributed by atoms with Crippen LogP contribution in [-0.4, -0.2) is 28.8 Å². The molecule has 1 aromatic rings. The highest BCUT2D eigenvalue weighted by molar-refractivity contribution is 6.00. The molecule has 0 aliphatic carbocycles. The third kappa shape index (κ3) is 4.06. The summed E-state index contributed by atoms with van der Waals surface area (Å²) in [6.45, 7) is 0. The summed E-state index contributed by atoms with van der Waals surface area (Å²) in [6, 6.07) is 8.46. The zero-order valence-corrected chi connectivity index (χ0v) is 12.4. The number of allylic oxidation sites excluding steroid dienone is 1. The van der Waals surface area contributed by atoms with Gasteiger partial charge in [0.1, 0.15) is 0 Å². The fourth-order valence-corrected chi connectivity index (χ4v) is 2.14. The van der Waals surface area contributed by atoms with Crippen LogP contribution in [0.2, 0.25) is 0 Å². The minimum absolute atomic E-state index is 0.0230. The lowest BCUT2D eigenvalue weighted by molar-refractivity contribution is -0.133. The van der Waals surface area contributed by atoms with Crippen molar-refractivity contribution in [3.8, 4) is 0 Å². The van der Waals surface area contributed by atoms with E-state index in [4.69, 9.17) is 0 Å². The number of ether oxygens (including phenoxy) is 1. The van der Waals surface area contributed by atoms with Gasteiger partial charge in [-0.05, 0) is 0 Å². The molecule has 1 aliphatic heterocycles. The van der Waals surface area contributed by atoms with Gasteiger partial charge in [0, 0.05) is 23.9 Å². The molecule has 2 rings (SSSR count). The SMILES string of the molecule is O=C=COC(=O)C1=CNC(CC(=O)c2ccccc2)=C(C(=O)O)C1. The van der Waals surface area contributed by atoms with Gasteiger partial charge in [-0.2, -0.15) is 0 Å². The van der Waals surface area contributed by atoms with Gasteiger partial charge in [0.15, 0.2) is 18.0 Å². The summed E-state index contributed by atoms with van der Waals surface area (Å²) in [5.74, 6) is -1.07. The van der Waals surface area contributed by atoms with E-state index < -0.39 is 11.9 Å². The molecule has 0 radical (unpaired) electrons. The van der Waals surface area contributed by atoms with Crippen LogP contribution in [0.15, 0.2) is 59.6 Å². The summed E-state index contributed by atoms with van der Waals surface area (Å²) in [4.78, 5) is 45.3. The minimum Gasteiger partial charge on any atom is -0.478 e. The molecule has 1 aliphatic rings. The lowest BCUT2D eigenvalue weighted by atomic mass is 9.97. The topological polar surface area (TPSA) is 110 Å². The number of carboxylic acids is 1. The molecule has 0 saturated heterocycles. The second-order valence-corrected chi connectivity index (χ2v) is 4.86. The fourth-order valence-electron chi connectivity index (χ4n) is 2.14. The first-order valence-electron chi connectivity index (χ1n) is 6.92. The zero-order chi connectivity index (χ0) is 17.5. The average molecular weight is 327 g/mol. The molecule has 0 amide bonds. The number of benzene rings is 1. The van der Waals surface area contributed by atoms with Crippen LogP contribution >= 0.6 is 0 Å². The summed E-state index contributed by atoms with van der Waals surface area (Å²) in [7, 11) is 0. The Bertz CT molecular complexity index is 785. The summed E-state index contributed by atoms with van der Waals surface area (Å²) >= 11 is 0. The first-order chi connectivity index (χ1) is 11.5. The van der Waals surface area contributed by atoms with Crippen LogP contribution in [-0.2, 0) is 19.1 Å². The van der Waals surface area contributed by atoms with Gasteiger partial charge >= 0.3 is 11.9 Å². The van der Waals surface area contributed by atoms with Gasteiger partial charge < -0.3 is 15.2 Å². The van der Waals surface area contributed by atoms with Crippen LogP contribution in [0.5, 0.6) is 0 Å². The van der Waals surface area contributed by atoms with Crippen molar-refractivity contribution in [2.24, 2.45) is 0 Å². The van der Waals surface area contributed by atoms with E-state index in [0.717, 1.165) is 0 Å². The molecular weight excluding hydrogens is 314 g/mol. The van der Waals surface area contributed by atoms with E-state index in [0.29, 0.717) is 11.8 Å². The quantitative estimate of drug-likeness (QED) is 0.351. The molecule has 0 saturated carbocycles. The molecule has 0 fully saturated rings. The Kier molecular flexibility index (Phi) is 5.44. The number of aliphatic carboxylic acids is 1. The normalized spacial score (nSPS) is 13.2. The molecular formula is C17H13NO6. The number of dihydropyridines is 1. The predicted octanol–water partition coefficient (Wildman–Crippen LogP) is 1.36. The van der Waals surface area contributed by atoms with E-state index in [1.165, 1.54) is 12.1 Å². The average Bonchev–Trinajstić information content (AvgIpc) is 2.60. The van der Waals surface area contributed by atoms with Crippen molar-refractivity contribution in [3.63, 3.8) is 0 Å². The van der Waals surface area contributed by atoms with Crippen LogP contribution in [0, 0.1) is 0 Å². The van der Waals surface area contributed by atoms with Gasteiger partial charge in [-0.1, -0.05) is 30.3 Å². The van der Waals surface area contributed by atoms with Crippen molar-refractivity contribution in [2.75, 3.05) is 0 Å². The molecule has 0 aromatic heterocycles. The van der Waals surface area contributed by atoms with Gasteiger partial charge in [0.25, 0.3) is 0 Å². The molecule has 0 spiro atoms. The third-order valence-electron chi connectivity index (χ3n) is 3.32. The first kappa shape index (κ1) is 16.9. The smallest absolute Gasteiger partial charge is 0.341 e. The number of rotatable bonds is 6. The largest absolute Gasteiger partial charge is 0.478 e. The van der Waals surface area contributed by atoms with E-state index >= 15 is 0 Å². The Balaban J connectivity index is 2.17. The van der Waals surface area contributed by atoms with Crippen molar-refractivity contribution in [3.05, 3.63) is 65.2 Å². The van der Waals surface area contributed by atoms with Crippen molar-refractivity contribution in [1.82, 2.24) is 5.32 Å². The summed E-state index contributed by atoms with van der Waals surface area (Å²) < 4.78 is 4.47. The van der Waals surface area contributed by atoms with Crippen LogP contribution < -0.4 is 5.32 Å². The van der Waals surface area contributed by atoms with Crippen molar-refractivity contribution in [1.29, 1.82) is 0 Å². The van der Waals surface area contributed by atoms with E-state index in [-0.39, 0.29) is 35.5 Å². The van der Waals surface area contributed by atoms with Gasteiger partial charge in [-0.15, -0.1) is 0 Å². The van der Waals surface area contributed by atoms with Crippen LogP contribution in [0.1, 0.15) is 23.2 Å². The highest BCUT2D eigenvalue weighted by atomic mass is 16.5.